The van der Waals surface area contributed by atoms with Crippen LogP contribution in [0.4, 0.5) is 0 Å². The Hall–Kier alpha value is -2.47. The number of carbonyl (C=O) groups excluding carboxylic acids is 1. The van der Waals surface area contributed by atoms with Crippen LogP contribution in [0.1, 0.15) is 57.9 Å². The van der Waals surface area contributed by atoms with Crippen molar-refractivity contribution in [2.75, 3.05) is 0 Å². The van der Waals surface area contributed by atoms with Crippen molar-refractivity contribution in [3.05, 3.63) is 63.9 Å². The summed E-state index contributed by atoms with van der Waals surface area (Å²) >= 11 is 1.66. The molecule has 0 saturated heterocycles. The van der Waals surface area contributed by atoms with Crippen LogP contribution in [0.5, 0.6) is 0 Å². The standard InChI is InChI=1S/C20H22N4OS/c1-14(15-7-9-17(10-8-15)24-13-21-12-22-24)23-20(25)19-11-16-5-3-2-4-6-18(16)26-19/h7-14H,2-6H2,1H3,(H,23,25)/t14-/m1/s1. The molecule has 0 spiro atoms. The van der Waals surface area contributed by atoms with Gasteiger partial charge in [-0.25, -0.2) is 9.67 Å². The predicted molar refractivity (Wildman–Crippen MR) is 103 cm³/mol. The van der Waals surface area contributed by atoms with Gasteiger partial charge in [0.1, 0.15) is 12.7 Å². The highest BCUT2D eigenvalue weighted by Crippen LogP contribution is 2.29. The molecule has 6 heteroatoms. The van der Waals surface area contributed by atoms with Crippen LogP contribution in [-0.2, 0) is 12.8 Å². The topological polar surface area (TPSA) is 59.8 Å². The van der Waals surface area contributed by atoms with Crippen molar-refractivity contribution in [3.63, 3.8) is 0 Å². The average molecular weight is 366 g/mol. The van der Waals surface area contributed by atoms with Crippen LogP contribution in [0.2, 0.25) is 0 Å². The Morgan fingerprint density at radius 3 is 2.77 bits per heavy atom. The lowest BCUT2D eigenvalue weighted by Gasteiger charge is -2.14. The van der Waals surface area contributed by atoms with Crippen LogP contribution in [0.15, 0.2) is 43.0 Å². The highest BCUT2D eigenvalue weighted by Gasteiger charge is 2.18. The molecule has 2 aromatic heterocycles. The van der Waals surface area contributed by atoms with Crippen molar-refractivity contribution >= 4 is 17.2 Å². The van der Waals surface area contributed by atoms with E-state index in [4.69, 9.17) is 0 Å². The van der Waals surface area contributed by atoms with E-state index in [1.54, 1.807) is 22.3 Å². The Kier molecular flexibility index (Phi) is 4.84. The quantitative estimate of drug-likeness (QED) is 0.708. The first-order valence-electron chi connectivity index (χ1n) is 9.08. The maximum Gasteiger partial charge on any atom is 0.261 e. The van der Waals surface area contributed by atoms with Gasteiger partial charge in [-0.2, -0.15) is 5.10 Å². The number of carbonyl (C=O) groups is 1. The molecule has 0 unspecified atom stereocenters. The Morgan fingerprint density at radius 1 is 1.19 bits per heavy atom. The molecule has 1 amide bonds. The Balaban J connectivity index is 1.44. The molecule has 1 aliphatic rings. The second-order valence-electron chi connectivity index (χ2n) is 6.75. The molecule has 0 radical (unpaired) electrons. The number of nitrogens with zero attached hydrogens (tertiary/aromatic N) is 3. The monoisotopic (exact) mass is 366 g/mol. The number of rotatable bonds is 4. The highest BCUT2D eigenvalue weighted by atomic mass is 32.1. The predicted octanol–water partition coefficient (Wildman–Crippen LogP) is 4.09. The molecule has 1 aliphatic carbocycles. The number of thiophene rings is 1. The van der Waals surface area contributed by atoms with Gasteiger partial charge < -0.3 is 5.32 Å². The van der Waals surface area contributed by atoms with E-state index < -0.39 is 0 Å². The molecule has 4 rings (SSSR count). The summed E-state index contributed by atoms with van der Waals surface area (Å²) in [6, 6.07) is 10.1. The van der Waals surface area contributed by atoms with Crippen LogP contribution < -0.4 is 5.32 Å². The molecule has 1 aromatic carbocycles. The highest BCUT2D eigenvalue weighted by molar-refractivity contribution is 7.14. The molecule has 1 N–H and O–H groups in total. The summed E-state index contributed by atoms with van der Waals surface area (Å²) in [5.74, 6) is 0.0240. The van der Waals surface area contributed by atoms with E-state index in [1.165, 1.54) is 36.0 Å². The fourth-order valence-corrected chi connectivity index (χ4v) is 4.54. The van der Waals surface area contributed by atoms with Crippen LogP contribution in [0, 0.1) is 0 Å². The first-order valence-corrected chi connectivity index (χ1v) is 9.90. The molecular formula is C20H22N4OS. The molecule has 26 heavy (non-hydrogen) atoms. The Bertz CT molecular complexity index is 860. The maximum absolute atomic E-state index is 12.7. The van der Waals surface area contributed by atoms with E-state index in [-0.39, 0.29) is 11.9 Å². The smallest absolute Gasteiger partial charge is 0.261 e. The summed E-state index contributed by atoms with van der Waals surface area (Å²) in [5.41, 5.74) is 3.40. The van der Waals surface area contributed by atoms with Crippen LogP contribution in [-0.4, -0.2) is 20.7 Å². The first-order chi connectivity index (χ1) is 12.7. The molecular weight excluding hydrogens is 344 g/mol. The van der Waals surface area contributed by atoms with Crippen LogP contribution in [0.25, 0.3) is 5.69 Å². The normalized spacial score (nSPS) is 15.1. The van der Waals surface area contributed by atoms with Crippen molar-refractivity contribution in [1.29, 1.82) is 0 Å². The number of hydrogen-bond acceptors (Lipinski definition) is 4. The lowest BCUT2D eigenvalue weighted by Crippen LogP contribution is -2.25. The summed E-state index contributed by atoms with van der Waals surface area (Å²) in [7, 11) is 0. The fraction of sp³-hybridized carbons (Fsp3) is 0.350. The van der Waals surface area contributed by atoms with Crippen molar-refractivity contribution < 1.29 is 4.79 Å². The molecule has 0 saturated carbocycles. The lowest BCUT2D eigenvalue weighted by atomic mass is 10.1. The Labute approximate surface area is 157 Å². The third-order valence-corrected chi connectivity index (χ3v) is 6.13. The largest absolute Gasteiger partial charge is 0.345 e. The van der Waals surface area contributed by atoms with Gasteiger partial charge in [0, 0.05) is 4.88 Å². The zero-order chi connectivity index (χ0) is 17.9. The van der Waals surface area contributed by atoms with E-state index in [1.807, 2.05) is 31.2 Å². The number of benzene rings is 1. The number of nitrogens with one attached hydrogen (secondary N) is 1. The fourth-order valence-electron chi connectivity index (χ4n) is 3.39. The summed E-state index contributed by atoms with van der Waals surface area (Å²) < 4.78 is 1.71. The van der Waals surface area contributed by atoms with Gasteiger partial charge in [-0.05, 0) is 61.9 Å². The number of fused-ring (bicyclic) bond motifs is 1. The minimum atomic E-state index is -0.0470. The van der Waals surface area contributed by atoms with Gasteiger partial charge in [0.2, 0.25) is 0 Å². The van der Waals surface area contributed by atoms with Gasteiger partial charge in [0.05, 0.1) is 16.6 Å². The molecule has 0 bridgehead atoms. The third-order valence-electron chi connectivity index (χ3n) is 4.89. The SMILES string of the molecule is C[C@@H](NC(=O)c1cc2c(s1)CCCCC2)c1ccc(-n2cncn2)cc1. The molecule has 1 atom stereocenters. The summed E-state index contributed by atoms with van der Waals surface area (Å²) in [6.45, 7) is 2.01. The molecule has 2 heterocycles. The van der Waals surface area contributed by atoms with Crippen molar-refractivity contribution in [1.82, 2.24) is 20.1 Å². The average Bonchev–Trinajstić information content (AvgIpc) is 3.28. The van der Waals surface area contributed by atoms with E-state index in [2.05, 4.69) is 21.5 Å². The van der Waals surface area contributed by atoms with Crippen molar-refractivity contribution in [2.24, 2.45) is 0 Å². The zero-order valence-corrected chi connectivity index (χ0v) is 15.6. The minimum absolute atomic E-state index is 0.0240. The van der Waals surface area contributed by atoms with Gasteiger partial charge in [0.25, 0.3) is 5.91 Å². The van der Waals surface area contributed by atoms with Gasteiger partial charge >= 0.3 is 0 Å². The lowest BCUT2D eigenvalue weighted by molar-refractivity contribution is 0.0944. The molecule has 5 nitrogen and oxygen atoms in total. The Morgan fingerprint density at radius 2 is 2.00 bits per heavy atom. The van der Waals surface area contributed by atoms with Gasteiger partial charge in [-0.3, -0.25) is 4.79 Å². The second-order valence-corrected chi connectivity index (χ2v) is 7.88. The number of aromatic nitrogens is 3. The first kappa shape index (κ1) is 17.0. The van der Waals surface area contributed by atoms with Crippen molar-refractivity contribution in [2.45, 2.75) is 45.1 Å². The molecule has 134 valence electrons. The molecule has 3 aromatic rings. The van der Waals surface area contributed by atoms with Gasteiger partial charge in [0.15, 0.2) is 0 Å². The number of aryl methyl sites for hydroxylation is 2. The van der Waals surface area contributed by atoms with Gasteiger partial charge in [-0.1, -0.05) is 18.6 Å². The van der Waals surface area contributed by atoms with E-state index in [9.17, 15) is 4.79 Å². The maximum atomic E-state index is 12.7. The summed E-state index contributed by atoms with van der Waals surface area (Å²) in [4.78, 5) is 18.9. The van der Waals surface area contributed by atoms with E-state index >= 15 is 0 Å². The second kappa shape index (κ2) is 7.41. The third kappa shape index (κ3) is 3.55. The van der Waals surface area contributed by atoms with E-state index in [0.717, 1.165) is 29.0 Å². The van der Waals surface area contributed by atoms with Crippen LogP contribution in [0.3, 0.4) is 0 Å². The minimum Gasteiger partial charge on any atom is -0.345 e. The van der Waals surface area contributed by atoms with Gasteiger partial charge in [-0.15, -0.1) is 11.3 Å². The van der Waals surface area contributed by atoms with Crippen LogP contribution >= 0.6 is 11.3 Å². The molecule has 0 fully saturated rings. The number of amides is 1. The zero-order valence-electron chi connectivity index (χ0n) is 14.8. The molecule has 0 aliphatic heterocycles. The summed E-state index contributed by atoms with van der Waals surface area (Å²) in [6.07, 6.45) is 9.18. The summed E-state index contributed by atoms with van der Waals surface area (Å²) in [5, 5.41) is 7.25. The van der Waals surface area contributed by atoms with Crippen molar-refractivity contribution in [3.8, 4) is 5.69 Å². The van der Waals surface area contributed by atoms with E-state index in [0.29, 0.717) is 0 Å². The number of hydrogen-bond donors (Lipinski definition) is 1.